The maximum Gasteiger partial charge on any atom is 0.321 e. The fourth-order valence-electron chi connectivity index (χ4n) is 3.77. The summed E-state index contributed by atoms with van der Waals surface area (Å²) in [6.45, 7) is 5.56. The first-order chi connectivity index (χ1) is 13.5. The van der Waals surface area contributed by atoms with Gasteiger partial charge in [0.05, 0.1) is 17.8 Å². The molecule has 2 fully saturated rings. The van der Waals surface area contributed by atoms with Crippen LogP contribution in [0, 0.1) is 17.1 Å². The van der Waals surface area contributed by atoms with Crippen LogP contribution in [0.2, 0.25) is 0 Å². The number of rotatable bonds is 3. The second kappa shape index (κ2) is 9.02. The Kier molecular flexibility index (Phi) is 6.47. The van der Waals surface area contributed by atoms with Crippen LogP contribution in [0.1, 0.15) is 31.7 Å². The number of piperazine rings is 1. The molecule has 0 bridgehead atoms. The maximum atomic E-state index is 13.2. The molecule has 2 saturated heterocycles. The van der Waals surface area contributed by atoms with E-state index in [1.165, 1.54) is 18.6 Å². The van der Waals surface area contributed by atoms with Crippen molar-refractivity contribution >= 4 is 17.6 Å². The normalized spacial score (nSPS) is 20.5. The van der Waals surface area contributed by atoms with Gasteiger partial charge in [-0.3, -0.25) is 9.69 Å². The Bertz CT molecular complexity index is 770. The van der Waals surface area contributed by atoms with E-state index in [1.807, 2.05) is 11.0 Å². The summed E-state index contributed by atoms with van der Waals surface area (Å²) in [5.41, 5.74) is 0.388. The van der Waals surface area contributed by atoms with Crippen molar-refractivity contribution in [3.05, 3.63) is 29.6 Å². The zero-order valence-corrected chi connectivity index (χ0v) is 16.2. The standard InChI is InChI=1S/C20H26FN5O2/c1-15-4-2-3-7-26(15)19(27)14-24-8-10-25(11-9-24)20(28)23-18-6-5-17(21)12-16(18)13-22/h5-6,12,15H,2-4,7-11,14H2,1H3,(H,23,28). The highest BCUT2D eigenvalue weighted by Crippen LogP contribution is 2.18. The number of urea groups is 1. The van der Waals surface area contributed by atoms with Crippen LogP contribution >= 0.6 is 0 Å². The third-order valence-electron chi connectivity index (χ3n) is 5.49. The minimum Gasteiger partial charge on any atom is -0.339 e. The number of hydrogen-bond donors (Lipinski definition) is 1. The first-order valence-corrected chi connectivity index (χ1v) is 9.75. The highest BCUT2D eigenvalue weighted by molar-refractivity contribution is 5.91. The Morgan fingerprint density at radius 2 is 1.96 bits per heavy atom. The second-order valence-electron chi connectivity index (χ2n) is 7.43. The molecule has 7 nitrogen and oxygen atoms in total. The van der Waals surface area contributed by atoms with E-state index in [1.54, 1.807) is 4.90 Å². The Balaban J connectivity index is 1.49. The quantitative estimate of drug-likeness (QED) is 0.863. The van der Waals surface area contributed by atoms with Gasteiger partial charge in [-0.1, -0.05) is 0 Å². The Morgan fingerprint density at radius 3 is 2.64 bits per heavy atom. The van der Waals surface area contributed by atoms with Crippen LogP contribution in [0.3, 0.4) is 0 Å². The minimum absolute atomic E-state index is 0.0910. The number of piperidine rings is 1. The van der Waals surface area contributed by atoms with E-state index in [9.17, 15) is 14.0 Å². The predicted octanol–water partition coefficient (Wildman–Crippen LogP) is 2.25. The van der Waals surface area contributed by atoms with E-state index in [4.69, 9.17) is 5.26 Å². The summed E-state index contributed by atoms with van der Waals surface area (Å²) in [5, 5.41) is 11.8. The lowest BCUT2D eigenvalue weighted by molar-refractivity contribution is -0.136. The SMILES string of the molecule is CC1CCCCN1C(=O)CN1CCN(C(=O)Nc2ccc(F)cc2C#N)CC1. The molecule has 1 aromatic rings. The molecule has 1 N–H and O–H groups in total. The third-order valence-corrected chi connectivity index (χ3v) is 5.49. The average Bonchev–Trinajstić information content (AvgIpc) is 2.70. The molecule has 3 rings (SSSR count). The van der Waals surface area contributed by atoms with Crippen molar-refractivity contribution in [3.8, 4) is 6.07 Å². The lowest BCUT2D eigenvalue weighted by atomic mass is 10.0. The molecule has 0 radical (unpaired) electrons. The van der Waals surface area contributed by atoms with Crippen molar-refractivity contribution in [1.82, 2.24) is 14.7 Å². The van der Waals surface area contributed by atoms with Crippen LogP contribution in [-0.4, -0.2) is 71.9 Å². The summed E-state index contributed by atoms with van der Waals surface area (Å²) >= 11 is 0. The molecule has 0 aliphatic carbocycles. The summed E-state index contributed by atoms with van der Waals surface area (Å²) in [4.78, 5) is 30.7. The number of halogens is 1. The van der Waals surface area contributed by atoms with Crippen molar-refractivity contribution in [2.75, 3.05) is 44.6 Å². The number of benzene rings is 1. The van der Waals surface area contributed by atoms with E-state index in [-0.39, 0.29) is 17.5 Å². The molecular formula is C20H26FN5O2. The van der Waals surface area contributed by atoms with E-state index in [0.29, 0.717) is 44.5 Å². The van der Waals surface area contributed by atoms with Crippen molar-refractivity contribution in [2.45, 2.75) is 32.2 Å². The fourth-order valence-corrected chi connectivity index (χ4v) is 3.77. The molecule has 1 atom stereocenters. The predicted molar refractivity (Wildman–Crippen MR) is 103 cm³/mol. The van der Waals surface area contributed by atoms with Crippen LogP contribution < -0.4 is 5.32 Å². The van der Waals surface area contributed by atoms with Crippen LogP contribution in [0.25, 0.3) is 0 Å². The molecule has 0 aromatic heterocycles. The van der Waals surface area contributed by atoms with Crippen LogP contribution in [0.5, 0.6) is 0 Å². The molecule has 28 heavy (non-hydrogen) atoms. The number of nitrogens with one attached hydrogen (secondary N) is 1. The average molecular weight is 387 g/mol. The van der Waals surface area contributed by atoms with E-state index < -0.39 is 5.82 Å². The van der Waals surface area contributed by atoms with Crippen LogP contribution in [-0.2, 0) is 4.79 Å². The number of amides is 3. The molecule has 2 aliphatic heterocycles. The molecule has 0 saturated carbocycles. The van der Waals surface area contributed by atoms with Gasteiger partial charge >= 0.3 is 6.03 Å². The van der Waals surface area contributed by atoms with E-state index in [2.05, 4.69) is 17.1 Å². The highest BCUT2D eigenvalue weighted by Gasteiger charge is 2.27. The van der Waals surface area contributed by atoms with Gasteiger partial charge in [-0.2, -0.15) is 5.26 Å². The molecule has 8 heteroatoms. The molecule has 1 aromatic carbocycles. The zero-order chi connectivity index (χ0) is 20.1. The number of anilines is 1. The number of carbonyl (C=O) groups excluding carboxylic acids is 2. The smallest absolute Gasteiger partial charge is 0.321 e. The Labute approximate surface area is 164 Å². The summed E-state index contributed by atoms with van der Waals surface area (Å²) in [6.07, 6.45) is 3.31. The highest BCUT2D eigenvalue weighted by atomic mass is 19.1. The number of hydrogen-bond acceptors (Lipinski definition) is 4. The van der Waals surface area contributed by atoms with Gasteiger partial charge in [0.1, 0.15) is 11.9 Å². The minimum atomic E-state index is -0.518. The monoisotopic (exact) mass is 387 g/mol. The summed E-state index contributed by atoms with van der Waals surface area (Å²) in [5.74, 6) is -0.356. The van der Waals surface area contributed by atoms with Crippen molar-refractivity contribution in [1.29, 1.82) is 5.26 Å². The fraction of sp³-hybridized carbons (Fsp3) is 0.550. The van der Waals surface area contributed by atoms with Gasteiger partial charge in [0.15, 0.2) is 0 Å². The first-order valence-electron chi connectivity index (χ1n) is 9.75. The topological polar surface area (TPSA) is 79.7 Å². The van der Waals surface area contributed by atoms with Gasteiger partial charge in [0, 0.05) is 38.8 Å². The lowest BCUT2D eigenvalue weighted by Crippen LogP contribution is -2.53. The molecule has 150 valence electrons. The number of nitriles is 1. The first kappa shape index (κ1) is 20.1. The van der Waals surface area contributed by atoms with Crippen molar-refractivity contribution in [3.63, 3.8) is 0 Å². The van der Waals surface area contributed by atoms with Gasteiger partial charge < -0.3 is 15.1 Å². The largest absolute Gasteiger partial charge is 0.339 e. The van der Waals surface area contributed by atoms with E-state index >= 15 is 0 Å². The summed E-state index contributed by atoms with van der Waals surface area (Å²) in [6, 6.07) is 5.57. The molecule has 2 aliphatic rings. The van der Waals surface area contributed by atoms with Crippen LogP contribution in [0.15, 0.2) is 18.2 Å². The van der Waals surface area contributed by atoms with Gasteiger partial charge in [-0.25, -0.2) is 9.18 Å². The van der Waals surface area contributed by atoms with Crippen LogP contribution in [0.4, 0.5) is 14.9 Å². The molecule has 1 unspecified atom stereocenters. The molecular weight excluding hydrogens is 361 g/mol. The summed E-state index contributed by atoms with van der Waals surface area (Å²) < 4.78 is 13.2. The number of likely N-dealkylation sites (tertiary alicyclic amines) is 1. The zero-order valence-electron chi connectivity index (χ0n) is 16.2. The number of nitrogens with zero attached hydrogens (tertiary/aromatic N) is 4. The lowest BCUT2D eigenvalue weighted by Gasteiger charge is -2.38. The van der Waals surface area contributed by atoms with E-state index in [0.717, 1.165) is 25.5 Å². The second-order valence-corrected chi connectivity index (χ2v) is 7.43. The Morgan fingerprint density at radius 1 is 1.21 bits per heavy atom. The van der Waals surface area contributed by atoms with Gasteiger partial charge in [0.2, 0.25) is 5.91 Å². The molecule has 0 spiro atoms. The Hall–Kier alpha value is -2.66. The van der Waals surface area contributed by atoms with Crippen molar-refractivity contribution in [2.24, 2.45) is 0 Å². The van der Waals surface area contributed by atoms with Crippen molar-refractivity contribution < 1.29 is 14.0 Å². The number of carbonyl (C=O) groups is 2. The van der Waals surface area contributed by atoms with Gasteiger partial charge in [-0.05, 0) is 44.4 Å². The van der Waals surface area contributed by atoms with Gasteiger partial charge in [0.25, 0.3) is 0 Å². The van der Waals surface area contributed by atoms with Gasteiger partial charge in [-0.15, -0.1) is 0 Å². The summed E-state index contributed by atoms with van der Waals surface area (Å²) in [7, 11) is 0. The third kappa shape index (κ3) is 4.78. The maximum absolute atomic E-state index is 13.2. The molecule has 2 heterocycles. The molecule has 3 amide bonds.